The summed E-state index contributed by atoms with van der Waals surface area (Å²) in [5, 5.41) is 7.32. The third-order valence-electron chi connectivity index (χ3n) is 3.92. The third kappa shape index (κ3) is 2.12. The molecule has 1 aliphatic rings. The van der Waals surface area contributed by atoms with Crippen molar-refractivity contribution in [2.45, 2.75) is 0 Å². The van der Waals surface area contributed by atoms with Crippen LogP contribution < -0.4 is 14.8 Å². The third-order valence-corrected chi connectivity index (χ3v) is 3.92. The van der Waals surface area contributed by atoms with E-state index in [4.69, 9.17) is 4.52 Å². The first kappa shape index (κ1) is 13.2. The molecule has 8 heteroatoms. The van der Waals surface area contributed by atoms with Crippen molar-refractivity contribution in [1.82, 2.24) is 20.4 Å². The molecule has 0 saturated carbocycles. The average molecular weight is 303 g/mol. The van der Waals surface area contributed by atoms with Crippen LogP contribution >= 0.6 is 0 Å². The molecule has 0 bridgehead atoms. The van der Waals surface area contributed by atoms with Crippen LogP contribution in [-0.2, 0) is 7.05 Å². The first-order valence-corrected chi connectivity index (χ1v) is 7.19. The van der Waals surface area contributed by atoms with Gasteiger partial charge >= 0.3 is 11.8 Å². The number of benzene rings is 1. The number of aromatic amines is 1. The largest absolute Gasteiger partial charge is 0.329 e. The summed E-state index contributed by atoms with van der Waals surface area (Å²) >= 11 is 0. The predicted octanol–water partition coefficient (Wildman–Crippen LogP) is 0.591. The lowest BCUT2D eigenvalue weighted by atomic mass is 10.3. The molecule has 0 aliphatic carbocycles. The van der Waals surface area contributed by atoms with Gasteiger partial charge in [0.25, 0.3) is 5.82 Å². The van der Waals surface area contributed by atoms with Crippen molar-refractivity contribution in [3.63, 3.8) is 0 Å². The summed E-state index contributed by atoms with van der Waals surface area (Å²) in [6.07, 6.45) is 0. The van der Waals surface area contributed by atoms with Gasteiger partial charge in [-0.1, -0.05) is 0 Å². The van der Waals surface area contributed by atoms with Gasteiger partial charge in [-0.15, -0.1) is 0 Å². The summed E-state index contributed by atoms with van der Waals surface area (Å²) in [4.78, 5) is 9.71. The Labute approximate surface area is 125 Å². The Balaban J connectivity index is 1.72. The van der Waals surface area contributed by atoms with Crippen molar-refractivity contribution in [2.75, 3.05) is 31.1 Å². The number of rotatable bonds is 2. The number of fused-ring (bicyclic) bond motifs is 1. The Morgan fingerprint density at radius 3 is 2.95 bits per heavy atom. The molecule has 1 aromatic carbocycles. The second-order valence-electron chi connectivity index (χ2n) is 5.33. The molecule has 0 radical (unpaired) electrons. The van der Waals surface area contributed by atoms with E-state index in [0.717, 1.165) is 37.2 Å². The number of H-pyrrole nitrogens is 1. The highest BCUT2D eigenvalue weighted by Gasteiger charge is 2.25. The molecule has 0 unspecified atom stereocenters. The van der Waals surface area contributed by atoms with Crippen LogP contribution in [0.5, 0.6) is 0 Å². The Bertz CT molecular complexity index is 820. The zero-order valence-corrected chi connectivity index (χ0v) is 12.1. The molecule has 2 N–H and O–H groups in total. The lowest BCUT2D eigenvalue weighted by Gasteiger charge is -2.24. The Morgan fingerprint density at radius 1 is 1.32 bits per heavy atom. The van der Waals surface area contributed by atoms with E-state index in [0.29, 0.717) is 17.7 Å². The smallest absolute Gasteiger partial charge is 0.322 e. The fourth-order valence-corrected chi connectivity index (χ4v) is 2.72. The molecule has 1 fully saturated rings. The Kier molecular flexibility index (Phi) is 3.04. The number of nitrogens with one attached hydrogen (secondary N) is 2. The van der Waals surface area contributed by atoms with Crippen molar-refractivity contribution in [2.24, 2.45) is 7.05 Å². The fourth-order valence-electron chi connectivity index (χ4n) is 2.72. The lowest BCUT2D eigenvalue weighted by Crippen LogP contribution is -2.43. The predicted molar refractivity (Wildman–Crippen MR) is 77.8 cm³/mol. The molecule has 3 heterocycles. The van der Waals surface area contributed by atoms with Crippen molar-refractivity contribution in [3.8, 4) is 11.6 Å². The number of hydrogen-bond acceptors (Lipinski definition) is 5. The van der Waals surface area contributed by atoms with Crippen molar-refractivity contribution in [3.05, 3.63) is 24.0 Å². The SMILES string of the molecule is C[n+]1c(-c2noc(N3CCNCC3)n2)[nH]c2ccc(F)cc21. The fraction of sp³-hybridized carbons (Fsp3) is 0.357. The van der Waals surface area contributed by atoms with E-state index in [9.17, 15) is 4.39 Å². The summed E-state index contributed by atoms with van der Waals surface area (Å²) in [6, 6.07) is 5.12. The van der Waals surface area contributed by atoms with Crippen molar-refractivity contribution < 1.29 is 13.5 Å². The molecule has 2 aromatic heterocycles. The average Bonchev–Trinajstić information content (AvgIpc) is 3.14. The molecule has 0 atom stereocenters. The van der Waals surface area contributed by atoms with Crippen LogP contribution in [0.2, 0.25) is 0 Å². The van der Waals surface area contributed by atoms with E-state index in [1.54, 1.807) is 6.07 Å². The highest BCUT2D eigenvalue weighted by atomic mass is 19.1. The zero-order chi connectivity index (χ0) is 15.1. The van der Waals surface area contributed by atoms with Crippen LogP contribution in [0, 0.1) is 5.82 Å². The van der Waals surface area contributed by atoms with E-state index in [-0.39, 0.29) is 5.82 Å². The van der Waals surface area contributed by atoms with Crippen molar-refractivity contribution in [1.29, 1.82) is 0 Å². The lowest BCUT2D eigenvalue weighted by molar-refractivity contribution is -0.633. The Morgan fingerprint density at radius 2 is 2.14 bits per heavy atom. The summed E-state index contributed by atoms with van der Waals surface area (Å²) in [6.45, 7) is 3.48. The molecule has 114 valence electrons. The monoisotopic (exact) mass is 303 g/mol. The summed E-state index contributed by atoms with van der Waals surface area (Å²) in [7, 11) is 1.84. The maximum Gasteiger partial charge on any atom is 0.329 e. The summed E-state index contributed by atoms with van der Waals surface area (Å²) in [5.74, 6) is 0.877. The van der Waals surface area contributed by atoms with Crippen LogP contribution in [0.4, 0.5) is 10.4 Å². The molecular weight excluding hydrogens is 287 g/mol. The van der Waals surface area contributed by atoms with Gasteiger partial charge in [-0.25, -0.2) is 13.9 Å². The first-order valence-electron chi connectivity index (χ1n) is 7.19. The van der Waals surface area contributed by atoms with Gasteiger partial charge in [0, 0.05) is 32.2 Å². The highest BCUT2D eigenvalue weighted by molar-refractivity contribution is 5.73. The minimum atomic E-state index is -0.275. The van der Waals surface area contributed by atoms with Gasteiger partial charge in [0.2, 0.25) is 0 Å². The molecule has 7 nitrogen and oxygen atoms in total. The zero-order valence-electron chi connectivity index (χ0n) is 12.1. The molecular formula is C14H16FN6O+. The molecule has 4 rings (SSSR count). The van der Waals surface area contributed by atoms with Gasteiger partial charge in [0.1, 0.15) is 5.82 Å². The van der Waals surface area contributed by atoms with E-state index >= 15 is 0 Å². The number of anilines is 1. The van der Waals surface area contributed by atoms with Gasteiger partial charge in [0.15, 0.2) is 11.0 Å². The quantitative estimate of drug-likeness (QED) is 0.678. The van der Waals surface area contributed by atoms with Crippen LogP contribution in [0.3, 0.4) is 0 Å². The molecule has 3 aromatic rings. The highest BCUT2D eigenvalue weighted by Crippen LogP contribution is 2.20. The van der Waals surface area contributed by atoms with Crippen LogP contribution in [-0.4, -0.2) is 41.3 Å². The van der Waals surface area contributed by atoms with E-state index < -0.39 is 0 Å². The Hall–Kier alpha value is -2.48. The molecule has 0 spiro atoms. The maximum absolute atomic E-state index is 13.4. The normalized spacial score (nSPS) is 15.6. The summed E-state index contributed by atoms with van der Waals surface area (Å²) in [5.41, 5.74) is 1.58. The number of piperazine rings is 1. The van der Waals surface area contributed by atoms with Crippen LogP contribution in [0.15, 0.2) is 22.7 Å². The number of halogens is 1. The number of imidazole rings is 1. The topological polar surface area (TPSA) is 73.9 Å². The number of nitrogens with zero attached hydrogens (tertiary/aromatic N) is 4. The number of aromatic nitrogens is 4. The van der Waals surface area contributed by atoms with Gasteiger partial charge in [-0.3, -0.25) is 0 Å². The molecule has 1 aliphatic heterocycles. The molecule has 22 heavy (non-hydrogen) atoms. The van der Waals surface area contributed by atoms with E-state index in [1.165, 1.54) is 12.1 Å². The number of hydrogen-bond donors (Lipinski definition) is 2. The van der Waals surface area contributed by atoms with Gasteiger partial charge in [0.05, 0.1) is 7.05 Å². The molecule has 0 amide bonds. The van der Waals surface area contributed by atoms with Crippen molar-refractivity contribution >= 4 is 17.0 Å². The second kappa shape index (κ2) is 5.06. The minimum Gasteiger partial charge on any atom is -0.322 e. The minimum absolute atomic E-state index is 0.275. The first-order chi connectivity index (χ1) is 10.7. The van der Waals surface area contributed by atoms with Gasteiger partial charge < -0.3 is 14.7 Å². The maximum atomic E-state index is 13.4. The van der Waals surface area contributed by atoms with E-state index in [1.807, 2.05) is 11.6 Å². The summed E-state index contributed by atoms with van der Waals surface area (Å²) < 4.78 is 20.6. The number of aryl methyl sites for hydroxylation is 1. The molecule has 1 saturated heterocycles. The van der Waals surface area contributed by atoms with Gasteiger partial charge in [-0.05, 0) is 17.3 Å². The van der Waals surface area contributed by atoms with Crippen LogP contribution in [0.1, 0.15) is 0 Å². The van der Waals surface area contributed by atoms with Crippen LogP contribution in [0.25, 0.3) is 22.7 Å². The second-order valence-corrected chi connectivity index (χ2v) is 5.33. The van der Waals surface area contributed by atoms with Gasteiger partial charge in [-0.2, -0.15) is 4.98 Å². The van der Waals surface area contributed by atoms with E-state index in [2.05, 4.69) is 25.3 Å². The standard InChI is InChI=1S/C14H15FN6O/c1-20-11-8-9(15)2-3-10(11)17-13(20)12-18-14(22-19-12)21-6-4-16-5-7-21/h2-3,8,16H,4-7H2,1H3/p+1.